The molecule has 136 valence electrons. The van der Waals surface area contributed by atoms with Crippen molar-refractivity contribution >= 4 is 5.78 Å². The first-order chi connectivity index (χ1) is 11.8. The number of carbonyl (C=O) groups is 1. The van der Waals surface area contributed by atoms with Crippen LogP contribution in [0.1, 0.15) is 51.9 Å². The summed E-state index contributed by atoms with van der Waals surface area (Å²) in [6.07, 6.45) is 8.11. The molecule has 6 atom stereocenters. The van der Waals surface area contributed by atoms with Crippen LogP contribution in [0.5, 0.6) is 0 Å². The van der Waals surface area contributed by atoms with Gasteiger partial charge in [-0.25, -0.2) is 0 Å². The van der Waals surface area contributed by atoms with Crippen LogP contribution in [0.3, 0.4) is 0 Å². The van der Waals surface area contributed by atoms with Crippen molar-refractivity contribution < 1.29 is 15.0 Å². The second-order valence-corrected chi connectivity index (χ2v) is 9.08. The van der Waals surface area contributed by atoms with Gasteiger partial charge in [0.15, 0.2) is 5.78 Å². The van der Waals surface area contributed by atoms with Crippen molar-refractivity contribution in [1.29, 1.82) is 0 Å². The van der Waals surface area contributed by atoms with E-state index >= 15 is 0 Å². The zero-order chi connectivity index (χ0) is 18.0. The van der Waals surface area contributed by atoms with E-state index in [0.717, 1.165) is 32.1 Å². The number of aliphatic hydroxyl groups excluding tert-OH is 1. The normalized spacial score (nSPS) is 46.1. The molecule has 3 fully saturated rings. The monoisotopic (exact) mass is 342 g/mol. The molecule has 4 aliphatic rings. The highest BCUT2D eigenvalue weighted by atomic mass is 16.3. The Morgan fingerprint density at radius 1 is 1.32 bits per heavy atom. The lowest BCUT2D eigenvalue weighted by Crippen LogP contribution is -2.54. The van der Waals surface area contributed by atoms with E-state index < -0.39 is 5.60 Å². The van der Waals surface area contributed by atoms with E-state index in [0.29, 0.717) is 42.1 Å². The third-order valence-electron chi connectivity index (χ3n) is 8.12. The second kappa shape index (κ2) is 5.65. The van der Waals surface area contributed by atoms with Gasteiger partial charge >= 0.3 is 0 Å². The van der Waals surface area contributed by atoms with E-state index in [-0.39, 0.29) is 17.8 Å². The fourth-order valence-electron chi connectivity index (χ4n) is 6.93. The number of hydrogen-bond acceptors (Lipinski definition) is 3. The predicted molar refractivity (Wildman–Crippen MR) is 97.8 cm³/mol. The number of allylic oxidation sites excluding steroid dienone is 2. The van der Waals surface area contributed by atoms with Crippen LogP contribution < -0.4 is 0 Å². The van der Waals surface area contributed by atoms with Crippen molar-refractivity contribution in [2.24, 2.45) is 29.1 Å². The maximum atomic E-state index is 11.8. The molecule has 3 heteroatoms. The predicted octanol–water partition coefficient (Wildman–Crippen LogP) is 3.57. The van der Waals surface area contributed by atoms with E-state index in [1.807, 2.05) is 6.08 Å². The van der Waals surface area contributed by atoms with Crippen LogP contribution in [0.2, 0.25) is 0 Å². The van der Waals surface area contributed by atoms with Crippen molar-refractivity contribution in [2.75, 3.05) is 6.61 Å². The van der Waals surface area contributed by atoms with E-state index in [4.69, 9.17) is 0 Å². The molecule has 0 aromatic rings. The lowest BCUT2D eigenvalue weighted by Gasteiger charge is -2.56. The standard InChI is InChI=1S/C22H30O3/c1-13-11-21(3)19(8-9-22(21,25)14(2)12-23)18-6-4-15-10-16(24)5-7-17(15)20(13)18/h10,17-20,23,25H,1-2,4-9,11-12H2,3H3/t17-,18-,19-,20+,21-,22+/m0/s1. The first-order valence-corrected chi connectivity index (χ1v) is 9.74. The minimum atomic E-state index is -0.987. The van der Waals surface area contributed by atoms with Crippen LogP contribution >= 0.6 is 0 Å². The number of hydrogen-bond donors (Lipinski definition) is 2. The Hall–Kier alpha value is -1.19. The molecular weight excluding hydrogens is 312 g/mol. The van der Waals surface area contributed by atoms with Gasteiger partial charge in [0.25, 0.3) is 0 Å². The molecule has 3 saturated carbocycles. The molecule has 25 heavy (non-hydrogen) atoms. The summed E-state index contributed by atoms with van der Waals surface area (Å²) >= 11 is 0. The highest BCUT2D eigenvalue weighted by Gasteiger charge is 2.63. The van der Waals surface area contributed by atoms with E-state index in [9.17, 15) is 15.0 Å². The molecule has 0 amide bonds. The third kappa shape index (κ3) is 2.21. The topological polar surface area (TPSA) is 57.5 Å². The van der Waals surface area contributed by atoms with Crippen molar-refractivity contribution in [3.63, 3.8) is 0 Å². The minimum Gasteiger partial charge on any atom is -0.392 e. The summed E-state index contributed by atoms with van der Waals surface area (Å²) < 4.78 is 0. The quantitative estimate of drug-likeness (QED) is 0.754. The largest absolute Gasteiger partial charge is 0.392 e. The maximum Gasteiger partial charge on any atom is 0.155 e. The van der Waals surface area contributed by atoms with Crippen molar-refractivity contribution in [1.82, 2.24) is 0 Å². The number of aliphatic hydroxyl groups is 2. The van der Waals surface area contributed by atoms with Crippen LogP contribution in [0.15, 0.2) is 36.0 Å². The molecule has 0 aromatic heterocycles. The molecule has 0 radical (unpaired) electrons. The van der Waals surface area contributed by atoms with Crippen LogP contribution in [0.25, 0.3) is 0 Å². The molecule has 0 aliphatic heterocycles. The summed E-state index contributed by atoms with van der Waals surface area (Å²) in [6, 6.07) is 0. The Balaban J connectivity index is 1.70. The molecule has 0 aromatic carbocycles. The average Bonchev–Trinajstić information content (AvgIpc) is 2.85. The van der Waals surface area contributed by atoms with Crippen molar-refractivity contribution in [3.8, 4) is 0 Å². The molecule has 2 N–H and O–H groups in total. The lowest BCUT2D eigenvalue weighted by molar-refractivity contribution is -0.116. The van der Waals surface area contributed by atoms with Crippen LogP contribution in [0, 0.1) is 29.1 Å². The van der Waals surface area contributed by atoms with Gasteiger partial charge in [0, 0.05) is 11.8 Å². The molecule has 0 spiro atoms. The number of rotatable bonds is 2. The Morgan fingerprint density at radius 2 is 2.08 bits per heavy atom. The molecule has 4 aliphatic carbocycles. The van der Waals surface area contributed by atoms with Gasteiger partial charge in [-0.05, 0) is 73.8 Å². The fourth-order valence-corrected chi connectivity index (χ4v) is 6.93. The first kappa shape index (κ1) is 17.2. The summed E-state index contributed by atoms with van der Waals surface area (Å²) in [5.41, 5.74) is 1.87. The molecule has 0 unspecified atom stereocenters. The smallest absolute Gasteiger partial charge is 0.155 e. The fraction of sp³-hybridized carbons (Fsp3) is 0.682. The number of ketones is 1. The molecule has 0 bridgehead atoms. The highest BCUT2D eigenvalue weighted by Crippen LogP contribution is 2.67. The summed E-state index contributed by atoms with van der Waals surface area (Å²) in [6.45, 7) is 10.5. The van der Waals surface area contributed by atoms with Gasteiger partial charge in [-0.1, -0.05) is 31.2 Å². The number of carbonyl (C=O) groups excluding carboxylic acids is 1. The van der Waals surface area contributed by atoms with E-state index in [1.165, 1.54) is 11.1 Å². The Bertz CT molecular complexity index is 675. The number of fused-ring (bicyclic) bond motifs is 5. The van der Waals surface area contributed by atoms with Gasteiger partial charge in [0.1, 0.15) is 0 Å². The van der Waals surface area contributed by atoms with E-state index in [1.54, 1.807) is 0 Å². The minimum absolute atomic E-state index is 0.156. The zero-order valence-electron chi connectivity index (χ0n) is 15.3. The van der Waals surface area contributed by atoms with Crippen LogP contribution in [-0.4, -0.2) is 28.2 Å². The molecular formula is C22H30O3. The summed E-state index contributed by atoms with van der Waals surface area (Å²) in [5.74, 6) is 2.18. The molecule has 0 heterocycles. The Kier molecular flexibility index (Phi) is 3.90. The first-order valence-electron chi connectivity index (χ1n) is 9.74. The molecule has 4 rings (SSSR count). The van der Waals surface area contributed by atoms with Gasteiger partial charge in [-0.3, -0.25) is 4.79 Å². The Morgan fingerprint density at radius 3 is 2.80 bits per heavy atom. The molecule has 3 nitrogen and oxygen atoms in total. The third-order valence-corrected chi connectivity index (χ3v) is 8.12. The highest BCUT2D eigenvalue weighted by molar-refractivity contribution is 5.91. The average molecular weight is 342 g/mol. The van der Waals surface area contributed by atoms with Gasteiger partial charge in [-0.15, -0.1) is 0 Å². The van der Waals surface area contributed by atoms with Gasteiger partial charge in [-0.2, -0.15) is 0 Å². The van der Waals surface area contributed by atoms with Crippen LogP contribution in [-0.2, 0) is 4.79 Å². The van der Waals surface area contributed by atoms with Crippen molar-refractivity contribution in [3.05, 3.63) is 36.0 Å². The molecule has 0 saturated heterocycles. The second-order valence-electron chi connectivity index (χ2n) is 9.08. The van der Waals surface area contributed by atoms with Gasteiger partial charge < -0.3 is 10.2 Å². The van der Waals surface area contributed by atoms with E-state index in [2.05, 4.69) is 20.1 Å². The van der Waals surface area contributed by atoms with Crippen LogP contribution in [0.4, 0.5) is 0 Å². The summed E-state index contributed by atoms with van der Waals surface area (Å²) in [7, 11) is 0. The SMILES string of the molecule is C=C1C[C@@]2(C)[C@@H](CC[C@@]2(O)C(=C)CO)[C@@H]2CCC3=CC(=O)CC[C@@H]3[C@@H]12. The van der Waals surface area contributed by atoms with Gasteiger partial charge in [0.2, 0.25) is 0 Å². The van der Waals surface area contributed by atoms with Gasteiger partial charge in [0.05, 0.1) is 12.2 Å². The summed E-state index contributed by atoms with van der Waals surface area (Å²) in [4.78, 5) is 11.8. The Labute approximate surface area is 150 Å². The lowest BCUT2D eigenvalue weighted by atomic mass is 9.49. The zero-order valence-corrected chi connectivity index (χ0v) is 15.3. The maximum absolute atomic E-state index is 11.8. The van der Waals surface area contributed by atoms with Crippen molar-refractivity contribution in [2.45, 2.75) is 57.5 Å². The summed E-state index contributed by atoms with van der Waals surface area (Å²) in [5, 5.41) is 21.1.